The molecule has 4 heteroatoms. The number of hydrogen-bond acceptors (Lipinski definition) is 4. The van der Waals surface area contributed by atoms with E-state index in [1.165, 1.54) is 16.7 Å². The Morgan fingerprint density at radius 2 is 1.69 bits per heavy atom. The molecule has 2 aromatic carbocycles. The Morgan fingerprint density at radius 3 is 2.31 bits per heavy atom. The molecule has 0 bridgehead atoms. The van der Waals surface area contributed by atoms with E-state index >= 15 is 0 Å². The minimum Gasteiger partial charge on any atom is -0.488 e. The monoisotopic (exact) mass is 410 g/mol. The van der Waals surface area contributed by atoms with Crippen LogP contribution in [0.2, 0.25) is 0 Å². The van der Waals surface area contributed by atoms with Crippen molar-refractivity contribution in [2.45, 2.75) is 58.8 Å². The lowest BCUT2D eigenvalue weighted by molar-refractivity contribution is 0.0283. The van der Waals surface area contributed by atoms with Gasteiger partial charge in [-0.05, 0) is 70.7 Å². The third-order valence-corrected chi connectivity index (χ3v) is 6.56. The Balaban J connectivity index is 1.76. The maximum absolute atomic E-state index is 10.9. The van der Waals surface area contributed by atoms with E-state index in [0.29, 0.717) is 19.4 Å². The van der Waals surface area contributed by atoms with Crippen molar-refractivity contribution in [3.8, 4) is 16.9 Å². The summed E-state index contributed by atoms with van der Waals surface area (Å²) in [5.74, 6) is 0.800. The molecule has 1 heterocycles. The van der Waals surface area contributed by atoms with Crippen LogP contribution < -0.4 is 4.74 Å². The number of hydrogen-bond donors (Lipinski definition) is 2. The van der Waals surface area contributed by atoms with Gasteiger partial charge >= 0.3 is 0 Å². The van der Waals surface area contributed by atoms with E-state index in [-0.39, 0.29) is 6.61 Å². The van der Waals surface area contributed by atoms with Crippen LogP contribution >= 0.6 is 11.3 Å². The van der Waals surface area contributed by atoms with Crippen molar-refractivity contribution >= 4 is 11.3 Å². The zero-order valence-corrected chi connectivity index (χ0v) is 18.3. The van der Waals surface area contributed by atoms with Gasteiger partial charge in [-0.1, -0.05) is 51.1 Å². The molecule has 0 aliphatic carbocycles. The van der Waals surface area contributed by atoms with Crippen molar-refractivity contribution in [1.29, 1.82) is 0 Å². The molecular formula is C25H30O3S. The molecule has 3 rings (SSSR count). The first kappa shape index (κ1) is 21.6. The molecule has 1 aromatic heterocycles. The average Bonchev–Trinajstić information content (AvgIpc) is 3.25. The van der Waals surface area contributed by atoms with Crippen molar-refractivity contribution < 1.29 is 14.9 Å². The summed E-state index contributed by atoms with van der Waals surface area (Å²) in [5, 5.41) is 22.2. The number of aliphatic hydroxyl groups is 2. The molecule has 3 aromatic rings. The van der Waals surface area contributed by atoms with E-state index in [2.05, 4.69) is 36.6 Å². The number of aryl methyl sites for hydroxylation is 1. The minimum atomic E-state index is -0.748. The minimum absolute atomic E-state index is 0.0427. The number of rotatable bonds is 9. The second-order valence-corrected chi connectivity index (χ2v) is 8.35. The molecular weight excluding hydrogens is 380 g/mol. The van der Waals surface area contributed by atoms with Crippen LogP contribution in [0.25, 0.3) is 11.1 Å². The summed E-state index contributed by atoms with van der Waals surface area (Å²) in [7, 11) is 0. The smallest absolute Gasteiger partial charge is 0.122 e. The van der Waals surface area contributed by atoms with E-state index in [1.807, 2.05) is 38.1 Å². The van der Waals surface area contributed by atoms with E-state index in [1.54, 1.807) is 11.3 Å². The van der Waals surface area contributed by atoms with Crippen LogP contribution in [0, 0.1) is 0 Å². The van der Waals surface area contributed by atoms with Gasteiger partial charge in [0.1, 0.15) is 12.4 Å². The third kappa shape index (κ3) is 4.89. The molecule has 29 heavy (non-hydrogen) atoms. The SMILES string of the molecule is CCc1cc(C(O)(CC)CC)ccc1-c1csc(COc2ccc(CO)cc2)c1. The number of ether oxygens (including phenoxy) is 1. The van der Waals surface area contributed by atoms with Gasteiger partial charge in [0.2, 0.25) is 0 Å². The Bertz CT molecular complexity index is 923. The molecule has 0 atom stereocenters. The van der Waals surface area contributed by atoms with Crippen molar-refractivity contribution in [3.05, 3.63) is 75.5 Å². The highest BCUT2D eigenvalue weighted by molar-refractivity contribution is 7.10. The van der Waals surface area contributed by atoms with Crippen molar-refractivity contribution in [3.63, 3.8) is 0 Å². The fourth-order valence-corrected chi connectivity index (χ4v) is 4.35. The van der Waals surface area contributed by atoms with E-state index in [4.69, 9.17) is 9.84 Å². The summed E-state index contributed by atoms with van der Waals surface area (Å²) in [6.07, 6.45) is 2.35. The molecule has 0 amide bonds. The van der Waals surface area contributed by atoms with E-state index in [0.717, 1.165) is 28.2 Å². The molecule has 3 nitrogen and oxygen atoms in total. The maximum atomic E-state index is 10.9. The lowest BCUT2D eigenvalue weighted by atomic mass is 9.85. The number of benzene rings is 2. The molecule has 0 unspecified atom stereocenters. The van der Waals surface area contributed by atoms with Gasteiger partial charge in [0.25, 0.3) is 0 Å². The van der Waals surface area contributed by atoms with Gasteiger partial charge in [-0.2, -0.15) is 0 Å². The largest absolute Gasteiger partial charge is 0.488 e. The molecule has 0 radical (unpaired) electrons. The fourth-order valence-electron chi connectivity index (χ4n) is 3.56. The standard InChI is InChI=1S/C25H30O3S/c1-4-19-13-21(25(27,5-2)6-3)9-12-24(19)20-14-23(29-17-20)16-28-22-10-7-18(15-26)8-11-22/h7-14,17,26-27H,4-6,15-16H2,1-3H3. The fraction of sp³-hybridized carbons (Fsp3) is 0.360. The predicted octanol–water partition coefficient (Wildman–Crippen LogP) is 6.06. The Labute approximate surface area is 177 Å². The molecule has 0 fully saturated rings. The van der Waals surface area contributed by atoms with Crippen molar-refractivity contribution in [2.75, 3.05) is 0 Å². The van der Waals surface area contributed by atoms with Gasteiger partial charge in [-0.3, -0.25) is 0 Å². The molecule has 154 valence electrons. The highest BCUT2D eigenvalue weighted by atomic mass is 32.1. The molecule has 0 aliphatic heterocycles. The van der Waals surface area contributed by atoms with E-state index < -0.39 is 5.60 Å². The summed E-state index contributed by atoms with van der Waals surface area (Å²) in [6.45, 7) is 6.79. The predicted molar refractivity (Wildman–Crippen MR) is 120 cm³/mol. The summed E-state index contributed by atoms with van der Waals surface area (Å²) in [6, 6.07) is 16.1. The van der Waals surface area contributed by atoms with Crippen molar-refractivity contribution in [2.24, 2.45) is 0 Å². The van der Waals surface area contributed by atoms with Crippen LogP contribution in [0.3, 0.4) is 0 Å². The quantitative estimate of drug-likeness (QED) is 0.451. The first-order valence-corrected chi connectivity index (χ1v) is 11.2. The second kappa shape index (κ2) is 9.57. The molecule has 2 N–H and O–H groups in total. The van der Waals surface area contributed by atoms with Gasteiger partial charge in [-0.15, -0.1) is 11.3 Å². The Morgan fingerprint density at radius 1 is 0.966 bits per heavy atom. The lowest BCUT2D eigenvalue weighted by Crippen LogP contribution is -2.23. The van der Waals surface area contributed by atoms with Gasteiger partial charge in [0, 0.05) is 4.88 Å². The molecule has 0 saturated carbocycles. The van der Waals surface area contributed by atoms with Gasteiger partial charge < -0.3 is 14.9 Å². The summed E-state index contributed by atoms with van der Waals surface area (Å²) in [5.41, 5.74) is 4.82. The first-order valence-electron chi connectivity index (χ1n) is 10.3. The first-order chi connectivity index (χ1) is 14.0. The van der Waals surface area contributed by atoms with Gasteiger partial charge in [0.05, 0.1) is 12.2 Å². The average molecular weight is 411 g/mol. The highest BCUT2D eigenvalue weighted by Crippen LogP contribution is 2.35. The van der Waals surface area contributed by atoms with Crippen LogP contribution in [-0.2, 0) is 25.2 Å². The highest BCUT2D eigenvalue weighted by Gasteiger charge is 2.25. The van der Waals surface area contributed by atoms with Gasteiger partial charge in [0.15, 0.2) is 0 Å². The normalized spacial score (nSPS) is 11.6. The van der Waals surface area contributed by atoms with Crippen LogP contribution in [0.15, 0.2) is 53.9 Å². The summed E-state index contributed by atoms with van der Waals surface area (Å²) in [4.78, 5) is 1.16. The van der Waals surface area contributed by atoms with Gasteiger partial charge in [-0.25, -0.2) is 0 Å². The summed E-state index contributed by atoms with van der Waals surface area (Å²) >= 11 is 1.69. The molecule has 0 spiro atoms. The zero-order chi connectivity index (χ0) is 20.9. The van der Waals surface area contributed by atoms with Crippen LogP contribution in [0.1, 0.15) is 55.2 Å². The van der Waals surface area contributed by atoms with Crippen LogP contribution in [-0.4, -0.2) is 10.2 Å². The molecule has 0 saturated heterocycles. The van der Waals surface area contributed by atoms with Crippen LogP contribution in [0.4, 0.5) is 0 Å². The topological polar surface area (TPSA) is 49.7 Å². The third-order valence-electron chi connectivity index (χ3n) is 5.65. The summed E-state index contributed by atoms with van der Waals surface area (Å²) < 4.78 is 5.89. The Hall–Kier alpha value is -2.14. The lowest BCUT2D eigenvalue weighted by Gasteiger charge is -2.27. The van der Waals surface area contributed by atoms with E-state index in [9.17, 15) is 5.11 Å². The van der Waals surface area contributed by atoms with Crippen LogP contribution in [0.5, 0.6) is 5.75 Å². The Kier molecular flexibility index (Phi) is 7.12. The number of aliphatic hydroxyl groups excluding tert-OH is 1. The second-order valence-electron chi connectivity index (χ2n) is 7.36. The molecule has 0 aliphatic rings. The maximum Gasteiger partial charge on any atom is 0.122 e. The van der Waals surface area contributed by atoms with Crippen molar-refractivity contribution in [1.82, 2.24) is 0 Å². The zero-order valence-electron chi connectivity index (χ0n) is 17.4. The number of thiophene rings is 1.